The van der Waals surface area contributed by atoms with Crippen molar-refractivity contribution in [2.24, 2.45) is 5.92 Å². The molecule has 1 fully saturated rings. The van der Waals surface area contributed by atoms with E-state index >= 15 is 0 Å². The first kappa shape index (κ1) is 7.74. The topological polar surface area (TPSA) is 0 Å². The van der Waals surface area contributed by atoms with Crippen LogP contribution in [0.5, 0.6) is 0 Å². The van der Waals surface area contributed by atoms with Crippen molar-refractivity contribution < 1.29 is 18.3 Å². The summed E-state index contributed by atoms with van der Waals surface area (Å²) in [4.78, 5) is 0. The van der Waals surface area contributed by atoms with E-state index in [2.05, 4.69) is 30.5 Å². The fourth-order valence-electron chi connectivity index (χ4n) is 2.08. The quantitative estimate of drug-likeness (QED) is 0.612. The molecule has 0 aliphatic heterocycles. The van der Waals surface area contributed by atoms with E-state index < -0.39 is 0 Å². The van der Waals surface area contributed by atoms with Crippen molar-refractivity contribution >= 4 is 0 Å². The SMILES string of the molecule is [Ru][C]1=C(C2CCCC2)C=CC1. The van der Waals surface area contributed by atoms with Crippen LogP contribution in [-0.4, -0.2) is 0 Å². The molecule has 0 nitrogen and oxygen atoms in total. The van der Waals surface area contributed by atoms with Gasteiger partial charge in [0.1, 0.15) is 0 Å². The molecule has 0 bridgehead atoms. The molecular weight excluding hydrogens is 221 g/mol. The molecule has 0 aromatic rings. The van der Waals surface area contributed by atoms with Gasteiger partial charge in [0, 0.05) is 0 Å². The van der Waals surface area contributed by atoms with Crippen molar-refractivity contribution in [1.29, 1.82) is 0 Å². The van der Waals surface area contributed by atoms with Crippen molar-refractivity contribution in [3.05, 3.63) is 21.9 Å². The maximum absolute atomic E-state index is 2.79. The summed E-state index contributed by atoms with van der Waals surface area (Å²) in [6, 6.07) is 0. The maximum atomic E-state index is 2.79. The Hall–Kier alpha value is 0.103. The number of rotatable bonds is 1. The van der Waals surface area contributed by atoms with Crippen molar-refractivity contribution in [2.45, 2.75) is 32.1 Å². The standard InChI is InChI=1S/C10H13.Ru/c1-2-6-9(5-1)10-7-3-4-8-10;/h1,5,10H,2-4,7-8H2;. The molecule has 1 saturated carbocycles. The van der Waals surface area contributed by atoms with E-state index in [0.29, 0.717) is 0 Å². The first-order chi connectivity index (χ1) is 5.38. The molecule has 0 N–H and O–H groups in total. The van der Waals surface area contributed by atoms with Gasteiger partial charge in [-0.15, -0.1) is 0 Å². The monoisotopic (exact) mass is 235 g/mol. The molecule has 0 unspecified atom stereocenters. The zero-order valence-electron chi connectivity index (χ0n) is 6.62. The summed E-state index contributed by atoms with van der Waals surface area (Å²) in [5.41, 5.74) is 1.64. The molecule has 0 aromatic carbocycles. The Morgan fingerprint density at radius 2 is 2.00 bits per heavy atom. The molecule has 0 aromatic heterocycles. The normalized spacial score (nSPS) is 25.5. The molecule has 0 saturated heterocycles. The van der Waals surface area contributed by atoms with Crippen LogP contribution < -0.4 is 0 Å². The Kier molecular flexibility index (Phi) is 2.27. The van der Waals surface area contributed by atoms with Crippen LogP contribution in [0.4, 0.5) is 0 Å². The van der Waals surface area contributed by atoms with Crippen LogP contribution in [0.3, 0.4) is 0 Å². The van der Waals surface area contributed by atoms with Gasteiger partial charge >= 0.3 is 78.2 Å². The van der Waals surface area contributed by atoms with E-state index in [9.17, 15) is 0 Å². The van der Waals surface area contributed by atoms with Gasteiger partial charge in [-0.3, -0.25) is 0 Å². The third-order valence-electron chi connectivity index (χ3n) is 2.69. The molecule has 2 aliphatic carbocycles. The van der Waals surface area contributed by atoms with Gasteiger partial charge in [-0.25, -0.2) is 0 Å². The number of hydrogen-bond acceptors (Lipinski definition) is 0. The van der Waals surface area contributed by atoms with Crippen LogP contribution >= 0.6 is 0 Å². The Morgan fingerprint density at radius 3 is 2.55 bits per heavy atom. The second-order valence-electron chi connectivity index (χ2n) is 3.43. The predicted molar refractivity (Wildman–Crippen MR) is 42.7 cm³/mol. The third kappa shape index (κ3) is 1.49. The van der Waals surface area contributed by atoms with Crippen LogP contribution in [0.2, 0.25) is 0 Å². The van der Waals surface area contributed by atoms with Crippen LogP contribution in [0, 0.1) is 5.92 Å². The zero-order valence-corrected chi connectivity index (χ0v) is 8.36. The number of hydrogen-bond donors (Lipinski definition) is 0. The average Bonchev–Trinajstić information content (AvgIpc) is 2.55. The zero-order chi connectivity index (χ0) is 7.68. The summed E-state index contributed by atoms with van der Waals surface area (Å²) in [6.07, 6.45) is 11.6. The van der Waals surface area contributed by atoms with E-state index in [4.69, 9.17) is 0 Å². The average molecular weight is 234 g/mol. The Morgan fingerprint density at radius 1 is 1.27 bits per heavy atom. The summed E-state index contributed by atoms with van der Waals surface area (Å²) in [6.45, 7) is 0. The van der Waals surface area contributed by atoms with Gasteiger partial charge in [-0.1, -0.05) is 0 Å². The molecular formula is C10H13Ru. The van der Waals surface area contributed by atoms with Crippen molar-refractivity contribution in [2.75, 3.05) is 0 Å². The molecule has 11 heavy (non-hydrogen) atoms. The van der Waals surface area contributed by atoms with Gasteiger partial charge in [0.15, 0.2) is 0 Å². The molecule has 61 valence electrons. The van der Waals surface area contributed by atoms with Gasteiger partial charge in [0.25, 0.3) is 0 Å². The molecule has 2 rings (SSSR count). The second-order valence-corrected chi connectivity index (χ2v) is 4.48. The summed E-state index contributed by atoms with van der Waals surface area (Å²) >= 11 is 2.79. The fourth-order valence-corrected chi connectivity index (χ4v) is 2.79. The molecule has 1 heteroatoms. The fraction of sp³-hybridized carbons (Fsp3) is 0.600. The second kappa shape index (κ2) is 3.23. The Balaban J connectivity index is 2.13. The van der Waals surface area contributed by atoms with Gasteiger partial charge in [0.2, 0.25) is 0 Å². The third-order valence-corrected chi connectivity index (χ3v) is 3.55. The summed E-state index contributed by atoms with van der Waals surface area (Å²) in [5, 5.41) is 0. The van der Waals surface area contributed by atoms with Crippen molar-refractivity contribution in [3.8, 4) is 0 Å². The molecule has 0 heterocycles. The van der Waals surface area contributed by atoms with E-state index in [1.54, 1.807) is 9.74 Å². The summed E-state index contributed by atoms with van der Waals surface area (Å²) < 4.78 is 1.55. The van der Waals surface area contributed by atoms with Crippen LogP contribution in [0.15, 0.2) is 21.9 Å². The van der Waals surface area contributed by atoms with Gasteiger partial charge in [-0.05, 0) is 0 Å². The molecule has 0 radical (unpaired) electrons. The summed E-state index contributed by atoms with van der Waals surface area (Å²) in [7, 11) is 0. The first-order valence-corrected chi connectivity index (χ1v) is 5.28. The van der Waals surface area contributed by atoms with E-state index in [0.717, 1.165) is 5.92 Å². The van der Waals surface area contributed by atoms with Gasteiger partial charge < -0.3 is 0 Å². The Labute approximate surface area is 78.4 Å². The van der Waals surface area contributed by atoms with Crippen LogP contribution in [0.1, 0.15) is 32.1 Å². The summed E-state index contributed by atoms with van der Waals surface area (Å²) in [5.74, 6) is 0.907. The van der Waals surface area contributed by atoms with Crippen LogP contribution in [0.25, 0.3) is 0 Å². The molecule has 0 spiro atoms. The molecule has 0 atom stereocenters. The van der Waals surface area contributed by atoms with Gasteiger partial charge in [0.05, 0.1) is 0 Å². The minimum absolute atomic E-state index is 0.907. The number of allylic oxidation sites excluding steroid dienone is 4. The van der Waals surface area contributed by atoms with Crippen molar-refractivity contribution in [3.63, 3.8) is 0 Å². The van der Waals surface area contributed by atoms with Crippen LogP contribution in [-0.2, 0) is 18.3 Å². The Bertz CT molecular complexity index is 207. The molecule has 2 aliphatic rings. The van der Waals surface area contributed by atoms with E-state index in [1.165, 1.54) is 32.1 Å². The van der Waals surface area contributed by atoms with E-state index in [-0.39, 0.29) is 0 Å². The van der Waals surface area contributed by atoms with Crippen molar-refractivity contribution in [1.82, 2.24) is 0 Å². The van der Waals surface area contributed by atoms with Gasteiger partial charge in [-0.2, -0.15) is 0 Å². The molecule has 0 amide bonds. The minimum atomic E-state index is 0.907. The van der Waals surface area contributed by atoms with E-state index in [1.807, 2.05) is 0 Å². The first-order valence-electron chi connectivity index (χ1n) is 4.42. The predicted octanol–water partition coefficient (Wildman–Crippen LogP) is 2.94.